The molecule has 8 heteroatoms. The van der Waals surface area contributed by atoms with Crippen molar-refractivity contribution in [1.29, 1.82) is 0 Å². The molecular formula is C14H16F2N4O2. The predicted octanol–water partition coefficient (Wildman–Crippen LogP) is 2.12. The fourth-order valence-electron chi connectivity index (χ4n) is 1.77. The third kappa shape index (κ3) is 4.51. The van der Waals surface area contributed by atoms with Gasteiger partial charge in [-0.1, -0.05) is 0 Å². The number of halogens is 2. The van der Waals surface area contributed by atoms with Crippen molar-refractivity contribution in [2.24, 2.45) is 0 Å². The second-order valence-corrected chi connectivity index (χ2v) is 4.44. The highest BCUT2D eigenvalue weighted by atomic mass is 19.3. The molecule has 0 radical (unpaired) electrons. The van der Waals surface area contributed by atoms with E-state index >= 15 is 0 Å². The number of carbonyl (C=O) groups excluding carboxylic acids is 1. The molecule has 0 bridgehead atoms. The van der Waals surface area contributed by atoms with Crippen LogP contribution < -0.4 is 10.1 Å². The Kier molecular flexibility index (Phi) is 5.40. The Morgan fingerprint density at radius 2 is 2.27 bits per heavy atom. The Hall–Kier alpha value is -2.51. The van der Waals surface area contributed by atoms with E-state index in [4.69, 9.17) is 4.74 Å². The second kappa shape index (κ2) is 7.48. The van der Waals surface area contributed by atoms with E-state index in [1.54, 1.807) is 23.0 Å². The molecule has 2 rings (SSSR count). The van der Waals surface area contributed by atoms with Crippen LogP contribution in [0.25, 0.3) is 0 Å². The van der Waals surface area contributed by atoms with Gasteiger partial charge in [-0.2, -0.15) is 5.10 Å². The number of nitrogens with zero attached hydrogens (tertiary/aromatic N) is 3. The Balaban J connectivity index is 1.98. The summed E-state index contributed by atoms with van der Waals surface area (Å²) in [5.41, 5.74) is 0.616. The van der Waals surface area contributed by atoms with Crippen molar-refractivity contribution in [3.8, 4) is 5.75 Å². The van der Waals surface area contributed by atoms with E-state index in [1.165, 1.54) is 12.3 Å². The number of rotatable bonds is 7. The van der Waals surface area contributed by atoms with Crippen LogP contribution >= 0.6 is 0 Å². The molecule has 0 spiro atoms. The maximum absolute atomic E-state index is 12.2. The van der Waals surface area contributed by atoms with Crippen molar-refractivity contribution in [3.63, 3.8) is 0 Å². The maximum Gasteiger partial charge on any atom is 0.272 e. The lowest BCUT2D eigenvalue weighted by Gasteiger charge is -2.10. The predicted molar refractivity (Wildman–Crippen MR) is 76.0 cm³/mol. The van der Waals surface area contributed by atoms with Crippen LogP contribution in [0.2, 0.25) is 0 Å². The number of alkyl halides is 2. The van der Waals surface area contributed by atoms with E-state index in [0.717, 1.165) is 0 Å². The number of amides is 1. The van der Waals surface area contributed by atoms with Crippen LogP contribution in [0.4, 0.5) is 14.6 Å². The number of hydrogen-bond acceptors (Lipinski definition) is 4. The van der Waals surface area contributed by atoms with Crippen LogP contribution in [0.5, 0.6) is 5.75 Å². The van der Waals surface area contributed by atoms with Gasteiger partial charge in [-0.3, -0.25) is 9.48 Å². The van der Waals surface area contributed by atoms with E-state index in [2.05, 4.69) is 15.4 Å². The van der Waals surface area contributed by atoms with Crippen molar-refractivity contribution in [2.45, 2.75) is 26.3 Å². The first kappa shape index (κ1) is 15.9. The van der Waals surface area contributed by atoms with E-state index < -0.39 is 13.0 Å². The molecule has 22 heavy (non-hydrogen) atoms. The lowest BCUT2D eigenvalue weighted by molar-refractivity contribution is -0.115. The number of aromatic nitrogens is 3. The van der Waals surface area contributed by atoms with Crippen molar-refractivity contribution in [1.82, 2.24) is 14.8 Å². The normalized spacial score (nSPS) is 10.7. The topological polar surface area (TPSA) is 69.0 Å². The van der Waals surface area contributed by atoms with Gasteiger partial charge in [0.15, 0.2) is 11.6 Å². The average Bonchev–Trinajstić information content (AvgIpc) is 2.93. The smallest absolute Gasteiger partial charge is 0.272 e. The number of anilines is 1. The van der Waals surface area contributed by atoms with Gasteiger partial charge in [0.25, 0.3) is 6.43 Å². The largest absolute Gasteiger partial charge is 0.484 e. The van der Waals surface area contributed by atoms with Gasteiger partial charge in [0, 0.05) is 18.9 Å². The van der Waals surface area contributed by atoms with Crippen LogP contribution in [0.1, 0.15) is 12.6 Å². The zero-order valence-electron chi connectivity index (χ0n) is 12.0. The zero-order chi connectivity index (χ0) is 15.9. The third-order valence-corrected chi connectivity index (χ3v) is 2.75. The minimum Gasteiger partial charge on any atom is -0.484 e. The Bertz CT molecular complexity index is 631. The van der Waals surface area contributed by atoms with Gasteiger partial charge >= 0.3 is 0 Å². The molecule has 1 N–H and O–H groups in total. The van der Waals surface area contributed by atoms with Crippen LogP contribution in [0.15, 0.2) is 30.6 Å². The van der Waals surface area contributed by atoms with E-state index in [1.807, 2.05) is 6.92 Å². The van der Waals surface area contributed by atoms with E-state index in [9.17, 15) is 13.6 Å². The molecule has 0 aromatic carbocycles. The van der Waals surface area contributed by atoms with Gasteiger partial charge in [-0.05, 0) is 25.1 Å². The molecule has 0 aliphatic heterocycles. The number of carbonyl (C=O) groups is 1. The number of aryl methyl sites for hydroxylation is 1. The monoisotopic (exact) mass is 310 g/mol. The second-order valence-electron chi connectivity index (χ2n) is 4.44. The number of hydrogen-bond donors (Lipinski definition) is 1. The van der Waals surface area contributed by atoms with E-state index in [-0.39, 0.29) is 23.9 Å². The maximum atomic E-state index is 12.2. The van der Waals surface area contributed by atoms with Crippen LogP contribution in [-0.4, -0.2) is 33.7 Å². The minimum absolute atomic E-state index is 0.0673. The molecule has 0 saturated carbocycles. The first-order valence-corrected chi connectivity index (χ1v) is 6.76. The SMILES string of the molecule is CCn1ccc(CC(=O)Nc2ncccc2OCC(F)F)n1. The van der Waals surface area contributed by atoms with Crippen LogP contribution in [-0.2, 0) is 17.8 Å². The highest BCUT2D eigenvalue weighted by Gasteiger charge is 2.12. The summed E-state index contributed by atoms with van der Waals surface area (Å²) in [5, 5.41) is 6.74. The van der Waals surface area contributed by atoms with Gasteiger partial charge in [-0.25, -0.2) is 13.8 Å². The summed E-state index contributed by atoms with van der Waals surface area (Å²) in [5.74, 6) is -0.125. The number of pyridine rings is 1. The number of ether oxygens (including phenoxy) is 1. The highest BCUT2D eigenvalue weighted by molar-refractivity contribution is 5.92. The van der Waals surface area contributed by atoms with Gasteiger partial charge in [0.2, 0.25) is 5.91 Å². The summed E-state index contributed by atoms with van der Waals surface area (Å²) in [6, 6.07) is 4.76. The summed E-state index contributed by atoms with van der Waals surface area (Å²) in [6.07, 6.45) is 0.691. The number of nitrogens with one attached hydrogen (secondary N) is 1. The quantitative estimate of drug-likeness (QED) is 0.850. The highest BCUT2D eigenvalue weighted by Crippen LogP contribution is 2.21. The molecule has 118 valence electrons. The van der Waals surface area contributed by atoms with Crippen LogP contribution in [0.3, 0.4) is 0 Å². The zero-order valence-corrected chi connectivity index (χ0v) is 12.0. The van der Waals surface area contributed by atoms with Crippen molar-refractivity contribution < 1.29 is 18.3 Å². The minimum atomic E-state index is -2.60. The van der Waals surface area contributed by atoms with Crippen molar-refractivity contribution in [2.75, 3.05) is 11.9 Å². The molecule has 0 atom stereocenters. The molecule has 2 aromatic heterocycles. The lowest BCUT2D eigenvalue weighted by atomic mass is 10.3. The molecule has 1 amide bonds. The fourth-order valence-corrected chi connectivity index (χ4v) is 1.77. The Labute approximate surface area is 126 Å². The molecule has 0 aliphatic rings. The summed E-state index contributed by atoms with van der Waals surface area (Å²) in [7, 11) is 0. The van der Waals surface area contributed by atoms with Crippen molar-refractivity contribution in [3.05, 3.63) is 36.3 Å². The molecule has 0 saturated heterocycles. The molecular weight excluding hydrogens is 294 g/mol. The Morgan fingerprint density at radius 1 is 1.45 bits per heavy atom. The lowest BCUT2D eigenvalue weighted by Crippen LogP contribution is -2.17. The first-order chi connectivity index (χ1) is 10.6. The van der Waals surface area contributed by atoms with Crippen molar-refractivity contribution >= 4 is 11.7 Å². The van der Waals surface area contributed by atoms with Gasteiger partial charge < -0.3 is 10.1 Å². The molecule has 6 nitrogen and oxygen atoms in total. The molecule has 0 unspecified atom stereocenters. The Morgan fingerprint density at radius 3 is 2.95 bits per heavy atom. The third-order valence-electron chi connectivity index (χ3n) is 2.75. The molecule has 2 heterocycles. The van der Waals surface area contributed by atoms with Gasteiger partial charge in [-0.15, -0.1) is 0 Å². The van der Waals surface area contributed by atoms with E-state index in [0.29, 0.717) is 12.2 Å². The summed E-state index contributed by atoms with van der Waals surface area (Å²) >= 11 is 0. The van der Waals surface area contributed by atoms with Gasteiger partial charge in [0.1, 0.15) is 6.61 Å². The molecule has 0 fully saturated rings. The molecule has 2 aromatic rings. The summed E-state index contributed by atoms with van der Waals surface area (Å²) in [6.45, 7) is 1.90. The first-order valence-electron chi connectivity index (χ1n) is 6.76. The van der Waals surface area contributed by atoms with Gasteiger partial charge in [0.05, 0.1) is 12.1 Å². The average molecular weight is 310 g/mol. The summed E-state index contributed by atoms with van der Waals surface area (Å²) in [4.78, 5) is 15.9. The standard InChI is InChI=1S/C14H16F2N4O2/c1-2-20-7-5-10(19-20)8-13(21)18-14-11(4-3-6-17-14)22-9-12(15)16/h3-7,12H,2,8-9H2,1H3,(H,17,18,21). The molecule has 0 aliphatic carbocycles. The summed E-state index contributed by atoms with van der Waals surface area (Å²) < 4.78 is 31.0. The van der Waals surface area contributed by atoms with Crippen LogP contribution in [0, 0.1) is 0 Å². The fraction of sp³-hybridized carbons (Fsp3) is 0.357.